The molecular weight excluding hydrogens is 529 g/mol. The predicted octanol–water partition coefficient (Wildman–Crippen LogP) is 2.90. The SMILES string of the molecule is CN=C(NCCc1ccc(-n2cccn2)cc1)NCc1cccc(NC(=O)CN(C)C)c1.I. The average Bonchev–Trinajstić information content (AvgIpc) is 3.31. The molecule has 176 valence electrons. The zero-order valence-electron chi connectivity index (χ0n) is 19.3. The van der Waals surface area contributed by atoms with Crippen LogP contribution in [0.4, 0.5) is 5.69 Å². The first kappa shape index (κ1) is 26.3. The van der Waals surface area contributed by atoms with Crippen molar-refractivity contribution in [2.75, 3.05) is 39.5 Å². The van der Waals surface area contributed by atoms with Crippen LogP contribution in [0.2, 0.25) is 0 Å². The fourth-order valence-electron chi connectivity index (χ4n) is 3.22. The molecule has 2 aromatic carbocycles. The van der Waals surface area contributed by atoms with Crippen LogP contribution in [-0.2, 0) is 17.8 Å². The molecule has 1 aromatic heterocycles. The van der Waals surface area contributed by atoms with Crippen molar-refractivity contribution in [2.45, 2.75) is 13.0 Å². The summed E-state index contributed by atoms with van der Waals surface area (Å²) < 4.78 is 1.84. The molecule has 0 aliphatic heterocycles. The molecule has 33 heavy (non-hydrogen) atoms. The van der Waals surface area contributed by atoms with E-state index in [0.29, 0.717) is 13.1 Å². The lowest BCUT2D eigenvalue weighted by atomic mass is 10.1. The number of guanidine groups is 1. The van der Waals surface area contributed by atoms with Gasteiger partial charge in [0.1, 0.15) is 0 Å². The molecule has 0 aliphatic carbocycles. The van der Waals surface area contributed by atoms with Gasteiger partial charge in [0.05, 0.1) is 12.2 Å². The zero-order valence-corrected chi connectivity index (χ0v) is 21.6. The van der Waals surface area contributed by atoms with E-state index in [-0.39, 0.29) is 29.9 Å². The number of amides is 1. The first-order chi connectivity index (χ1) is 15.5. The molecule has 0 spiro atoms. The number of hydrogen-bond acceptors (Lipinski definition) is 4. The highest BCUT2D eigenvalue weighted by Gasteiger charge is 2.05. The van der Waals surface area contributed by atoms with Gasteiger partial charge in [-0.2, -0.15) is 5.10 Å². The van der Waals surface area contributed by atoms with Gasteiger partial charge in [-0.15, -0.1) is 24.0 Å². The molecule has 0 saturated carbocycles. The number of nitrogens with zero attached hydrogens (tertiary/aromatic N) is 4. The smallest absolute Gasteiger partial charge is 0.238 e. The van der Waals surface area contributed by atoms with E-state index in [4.69, 9.17) is 0 Å². The van der Waals surface area contributed by atoms with Crippen molar-refractivity contribution < 1.29 is 4.79 Å². The first-order valence-corrected chi connectivity index (χ1v) is 10.6. The molecule has 1 heterocycles. The average molecular weight is 561 g/mol. The Balaban J connectivity index is 0.00000385. The van der Waals surface area contributed by atoms with Crippen molar-refractivity contribution in [3.8, 4) is 5.69 Å². The van der Waals surface area contributed by atoms with E-state index in [2.05, 4.69) is 50.3 Å². The Bertz CT molecular complexity index is 1020. The molecule has 0 aliphatic rings. The van der Waals surface area contributed by atoms with Crippen LogP contribution in [0.25, 0.3) is 5.69 Å². The Labute approximate surface area is 212 Å². The lowest BCUT2D eigenvalue weighted by molar-refractivity contribution is -0.116. The molecule has 0 radical (unpaired) electrons. The molecule has 0 bridgehead atoms. The molecule has 3 rings (SSSR count). The third kappa shape index (κ3) is 8.85. The van der Waals surface area contributed by atoms with Gasteiger partial charge in [0.15, 0.2) is 5.96 Å². The summed E-state index contributed by atoms with van der Waals surface area (Å²) >= 11 is 0. The molecule has 0 atom stereocenters. The third-order valence-electron chi connectivity index (χ3n) is 4.77. The summed E-state index contributed by atoms with van der Waals surface area (Å²) in [5, 5.41) is 13.8. The quantitative estimate of drug-likeness (QED) is 0.213. The van der Waals surface area contributed by atoms with Crippen molar-refractivity contribution in [1.29, 1.82) is 0 Å². The molecule has 9 heteroatoms. The number of benzene rings is 2. The van der Waals surface area contributed by atoms with Gasteiger partial charge in [0.25, 0.3) is 0 Å². The van der Waals surface area contributed by atoms with Crippen LogP contribution < -0.4 is 16.0 Å². The Morgan fingerprint density at radius 2 is 1.85 bits per heavy atom. The van der Waals surface area contributed by atoms with E-state index in [1.165, 1.54) is 5.56 Å². The van der Waals surface area contributed by atoms with Gasteiger partial charge in [0.2, 0.25) is 5.91 Å². The predicted molar refractivity (Wildman–Crippen MR) is 145 cm³/mol. The van der Waals surface area contributed by atoms with Crippen LogP contribution in [0.5, 0.6) is 0 Å². The van der Waals surface area contributed by atoms with Crippen LogP contribution in [-0.4, -0.2) is 60.8 Å². The van der Waals surface area contributed by atoms with E-state index in [0.717, 1.165) is 35.9 Å². The summed E-state index contributed by atoms with van der Waals surface area (Å²) in [7, 11) is 5.50. The summed E-state index contributed by atoms with van der Waals surface area (Å²) in [4.78, 5) is 18.1. The van der Waals surface area contributed by atoms with Crippen LogP contribution in [0.1, 0.15) is 11.1 Å². The number of carbonyl (C=O) groups is 1. The summed E-state index contributed by atoms with van der Waals surface area (Å²) in [6.07, 6.45) is 4.58. The second kappa shape index (κ2) is 13.6. The van der Waals surface area contributed by atoms with Gasteiger partial charge in [0, 0.05) is 38.2 Å². The highest BCUT2D eigenvalue weighted by Crippen LogP contribution is 2.11. The Kier molecular flexibility index (Phi) is 10.8. The van der Waals surface area contributed by atoms with Gasteiger partial charge in [-0.1, -0.05) is 24.3 Å². The van der Waals surface area contributed by atoms with Crippen molar-refractivity contribution >= 4 is 41.5 Å². The number of aromatic nitrogens is 2. The summed E-state index contributed by atoms with van der Waals surface area (Å²) in [6.45, 7) is 1.72. The van der Waals surface area contributed by atoms with Crippen molar-refractivity contribution in [1.82, 2.24) is 25.3 Å². The highest BCUT2D eigenvalue weighted by atomic mass is 127. The van der Waals surface area contributed by atoms with Gasteiger partial charge in [-0.25, -0.2) is 4.68 Å². The lowest BCUT2D eigenvalue weighted by Gasteiger charge is -2.13. The number of anilines is 1. The molecule has 0 saturated heterocycles. The third-order valence-corrected chi connectivity index (χ3v) is 4.77. The van der Waals surface area contributed by atoms with Crippen LogP contribution >= 0.6 is 24.0 Å². The van der Waals surface area contributed by atoms with Gasteiger partial charge >= 0.3 is 0 Å². The number of likely N-dealkylation sites (N-methyl/N-ethyl adjacent to an activating group) is 1. The van der Waals surface area contributed by atoms with Crippen molar-refractivity contribution in [3.63, 3.8) is 0 Å². The summed E-state index contributed by atoms with van der Waals surface area (Å²) in [5.41, 5.74) is 4.14. The Morgan fingerprint density at radius 1 is 1.06 bits per heavy atom. The topological polar surface area (TPSA) is 86.6 Å². The van der Waals surface area contributed by atoms with Gasteiger partial charge < -0.3 is 20.9 Å². The van der Waals surface area contributed by atoms with Crippen LogP contribution in [0.3, 0.4) is 0 Å². The minimum absolute atomic E-state index is 0. The maximum Gasteiger partial charge on any atom is 0.238 e. The second-order valence-corrected chi connectivity index (χ2v) is 7.71. The fraction of sp³-hybridized carbons (Fsp3) is 0.292. The lowest BCUT2D eigenvalue weighted by Crippen LogP contribution is -2.37. The van der Waals surface area contributed by atoms with E-state index >= 15 is 0 Å². The number of carbonyl (C=O) groups excluding carboxylic acids is 1. The van der Waals surface area contributed by atoms with E-state index in [9.17, 15) is 4.79 Å². The zero-order chi connectivity index (χ0) is 22.8. The van der Waals surface area contributed by atoms with E-state index in [1.54, 1.807) is 13.2 Å². The van der Waals surface area contributed by atoms with Gasteiger partial charge in [-0.3, -0.25) is 9.79 Å². The number of nitrogens with one attached hydrogen (secondary N) is 3. The number of aliphatic imine (C=N–C) groups is 1. The van der Waals surface area contributed by atoms with Crippen molar-refractivity contribution in [2.24, 2.45) is 4.99 Å². The molecular formula is C24H32IN7O. The number of halogens is 1. The first-order valence-electron chi connectivity index (χ1n) is 10.6. The van der Waals surface area contributed by atoms with E-state index < -0.39 is 0 Å². The Morgan fingerprint density at radius 3 is 2.52 bits per heavy atom. The Hall–Kier alpha value is -2.92. The summed E-state index contributed by atoms with van der Waals surface area (Å²) in [6, 6.07) is 18.1. The molecule has 0 fully saturated rings. The normalized spacial score (nSPS) is 11.1. The van der Waals surface area contributed by atoms with E-state index in [1.807, 2.05) is 60.2 Å². The standard InChI is InChI=1S/C24H31N7O.HI/c1-25-24(26-14-12-19-8-10-22(11-9-19)31-15-5-13-28-31)27-17-20-6-4-7-21(16-20)29-23(32)18-30(2)3;/h4-11,13,15-16H,12,14,17-18H2,1-3H3,(H,29,32)(H2,25,26,27);1H. The van der Waals surface area contributed by atoms with Crippen LogP contribution in [0, 0.1) is 0 Å². The molecule has 8 nitrogen and oxygen atoms in total. The largest absolute Gasteiger partial charge is 0.356 e. The molecule has 1 amide bonds. The van der Waals surface area contributed by atoms with Crippen molar-refractivity contribution in [3.05, 3.63) is 78.1 Å². The van der Waals surface area contributed by atoms with Crippen LogP contribution in [0.15, 0.2) is 72.0 Å². The minimum atomic E-state index is -0.0322. The molecule has 3 aromatic rings. The molecule has 0 unspecified atom stereocenters. The molecule has 3 N–H and O–H groups in total. The number of hydrogen-bond donors (Lipinski definition) is 3. The second-order valence-electron chi connectivity index (χ2n) is 7.71. The highest BCUT2D eigenvalue weighted by molar-refractivity contribution is 14.0. The monoisotopic (exact) mass is 561 g/mol. The maximum atomic E-state index is 12.0. The summed E-state index contributed by atoms with van der Waals surface area (Å²) in [5.74, 6) is 0.704. The van der Waals surface area contributed by atoms with Gasteiger partial charge in [-0.05, 0) is 62.0 Å². The number of rotatable bonds is 9. The maximum absolute atomic E-state index is 12.0. The minimum Gasteiger partial charge on any atom is -0.356 e. The fourth-order valence-corrected chi connectivity index (χ4v) is 3.22.